The van der Waals surface area contributed by atoms with E-state index in [4.69, 9.17) is 9.40 Å². The van der Waals surface area contributed by atoms with E-state index in [1.807, 2.05) is 50.2 Å². The van der Waals surface area contributed by atoms with E-state index in [9.17, 15) is 9.59 Å². The second kappa shape index (κ2) is 8.58. The molecular weight excluding hydrogens is 416 g/mol. The first-order valence-corrected chi connectivity index (χ1v) is 11.2. The van der Waals surface area contributed by atoms with Crippen molar-refractivity contribution < 1.29 is 9.21 Å². The number of hydrogen-bond donors (Lipinski definition) is 1. The second-order valence-corrected chi connectivity index (χ2v) is 8.51. The van der Waals surface area contributed by atoms with Gasteiger partial charge in [-0.2, -0.15) is 0 Å². The lowest BCUT2D eigenvalue weighted by atomic mass is 10.1. The van der Waals surface area contributed by atoms with Crippen LogP contribution in [0.3, 0.4) is 0 Å². The molecule has 33 heavy (non-hydrogen) atoms. The third-order valence-corrected chi connectivity index (χ3v) is 6.01. The van der Waals surface area contributed by atoms with Crippen molar-refractivity contribution in [3.05, 3.63) is 87.6 Å². The summed E-state index contributed by atoms with van der Waals surface area (Å²) >= 11 is 0. The van der Waals surface area contributed by atoms with E-state index >= 15 is 0 Å². The van der Waals surface area contributed by atoms with Gasteiger partial charge in [0.05, 0.1) is 23.1 Å². The Morgan fingerprint density at radius 1 is 1.03 bits per heavy atom. The summed E-state index contributed by atoms with van der Waals surface area (Å²) in [6, 6.07) is 16.6. The molecule has 3 heterocycles. The van der Waals surface area contributed by atoms with E-state index < -0.39 is 0 Å². The predicted octanol–water partition coefficient (Wildman–Crippen LogP) is 4.13. The van der Waals surface area contributed by atoms with Crippen LogP contribution in [-0.4, -0.2) is 28.5 Å². The Hall–Kier alpha value is -3.87. The molecule has 1 aliphatic heterocycles. The number of furan rings is 1. The van der Waals surface area contributed by atoms with Crippen LogP contribution < -0.4 is 15.8 Å². The third kappa shape index (κ3) is 4.14. The molecule has 1 fully saturated rings. The summed E-state index contributed by atoms with van der Waals surface area (Å²) in [5, 5.41) is 3.35. The van der Waals surface area contributed by atoms with Crippen LogP contribution in [-0.2, 0) is 6.54 Å². The molecule has 1 aliphatic rings. The highest BCUT2D eigenvalue weighted by molar-refractivity contribution is 5.97. The number of aryl methyl sites for hydroxylation is 2. The van der Waals surface area contributed by atoms with Gasteiger partial charge < -0.3 is 14.6 Å². The Labute approximate surface area is 191 Å². The van der Waals surface area contributed by atoms with Crippen molar-refractivity contribution in [1.29, 1.82) is 0 Å². The van der Waals surface area contributed by atoms with E-state index in [1.165, 1.54) is 0 Å². The highest BCUT2D eigenvalue weighted by atomic mass is 16.3. The monoisotopic (exact) mass is 442 g/mol. The van der Waals surface area contributed by atoms with E-state index in [-0.39, 0.29) is 11.5 Å². The molecule has 4 aromatic rings. The minimum atomic E-state index is -0.238. The Bertz CT molecular complexity index is 1380. The van der Waals surface area contributed by atoms with Crippen LogP contribution in [0.4, 0.5) is 5.95 Å². The van der Waals surface area contributed by atoms with Crippen LogP contribution >= 0.6 is 0 Å². The number of benzene rings is 2. The largest absolute Gasteiger partial charge is 0.465 e. The number of rotatable bonds is 5. The molecule has 2 aromatic heterocycles. The highest BCUT2D eigenvalue weighted by Crippen LogP contribution is 2.24. The van der Waals surface area contributed by atoms with Gasteiger partial charge in [-0.1, -0.05) is 17.7 Å². The molecule has 1 saturated heterocycles. The number of amides is 1. The van der Waals surface area contributed by atoms with Gasteiger partial charge in [-0.3, -0.25) is 9.59 Å². The van der Waals surface area contributed by atoms with Crippen molar-refractivity contribution in [3.63, 3.8) is 0 Å². The summed E-state index contributed by atoms with van der Waals surface area (Å²) in [6.07, 6.45) is 2.13. The third-order valence-electron chi connectivity index (χ3n) is 6.01. The van der Waals surface area contributed by atoms with Gasteiger partial charge in [-0.25, -0.2) is 9.55 Å². The maximum absolute atomic E-state index is 13.6. The van der Waals surface area contributed by atoms with E-state index in [1.54, 1.807) is 22.8 Å². The molecule has 7 heteroatoms. The number of nitrogens with one attached hydrogen (secondary N) is 1. The lowest BCUT2D eigenvalue weighted by Gasteiger charge is -2.22. The number of fused-ring (bicyclic) bond motifs is 1. The van der Waals surface area contributed by atoms with Gasteiger partial charge >= 0.3 is 0 Å². The van der Waals surface area contributed by atoms with Gasteiger partial charge in [0.1, 0.15) is 11.5 Å². The van der Waals surface area contributed by atoms with Crippen molar-refractivity contribution >= 4 is 22.8 Å². The fourth-order valence-electron chi connectivity index (χ4n) is 4.22. The SMILES string of the molecule is Cc1ccc(-n2c(N3CCCC3)nc3cc(C(=O)NCc4ccc(C)o4)ccc3c2=O)cc1. The molecular formula is C26H26N4O3. The van der Waals surface area contributed by atoms with Gasteiger partial charge in [0.15, 0.2) is 0 Å². The number of hydrogen-bond acceptors (Lipinski definition) is 5. The lowest BCUT2D eigenvalue weighted by molar-refractivity contribution is 0.0948. The van der Waals surface area contributed by atoms with E-state index in [2.05, 4.69) is 10.2 Å². The molecule has 0 radical (unpaired) electrons. The molecule has 2 aromatic carbocycles. The van der Waals surface area contributed by atoms with Gasteiger partial charge in [-0.15, -0.1) is 0 Å². The Morgan fingerprint density at radius 3 is 2.48 bits per heavy atom. The lowest BCUT2D eigenvalue weighted by Crippen LogP contribution is -2.30. The minimum absolute atomic E-state index is 0.135. The Balaban J connectivity index is 1.54. The van der Waals surface area contributed by atoms with Gasteiger partial charge in [0.25, 0.3) is 11.5 Å². The van der Waals surface area contributed by atoms with Crippen LogP contribution in [0.1, 0.15) is 40.3 Å². The first kappa shape index (κ1) is 21.0. The fraction of sp³-hybridized carbons (Fsp3) is 0.269. The first-order valence-electron chi connectivity index (χ1n) is 11.2. The summed E-state index contributed by atoms with van der Waals surface area (Å²) in [7, 11) is 0. The number of carbonyl (C=O) groups excluding carboxylic acids is 1. The molecule has 0 spiro atoms. The van der Waals surface area contributed by atoms with Crippen LogP contribution in [0.2, 0.25) is 0 Å². The summed E-state index contributed by atoms with van der Waals surface area (Å²) in [5.41, 5.74) is 2.76. The number of carbonyl (C=O) groups is 1. The molecule has 0 saturated carbocycles. The molecule has 0 unspecified atom stereocenters. The summed E-state index contributed by atoms with van der Waals surface area (Å²) in [4.78, 5) is 33.3. The quantitative estimate of drug-likeness (QED) is 0.503. The zero-order chi connectivity index (χ0) is 22.9. The molecule has 168 valence electrons. The summed E-state index contributed by atoms with van der Waals surface area (Å²) in [6.45, 7) is 5.89. The van der Waals surface area contributed by atoms with Crippen LogP contribution in [0, 0.1) is 13.8 Å². The minimum Gasteiger partial charge on any atom is -0.465 e. The molecule has 0 atom stereocenters. The number of anilines is 1. The maximum atomic E-state index is 13.6. The van der Waals surface area contributed by atoms with Gasteiger partial charge in [0.2, 0.25) is 5.95 Å². The zero-order valence-corrected chi connectivity index (χ0v) is 18.8. The number of nitrogens with zero attached hydrogens (tertiary/aromatic N) is 3. The molecule has 1 amide bonds. The normalized spacial score (nSPS) is 13.6. The van der Waals surface area contributed by atoms with E-state index in [0.717, 1.165) is 42.9 Å². The molecule has 5 rings (SSSR count). The van der Waals surface area contributed by atoms with Crippen LogP contribution in [0.25, 0.3) is 16.6 Å². The second-order valence-electron chi connectivity index (χ2n) is 8.51. The molecule has 0 aliphatic carbocycles. The van der Waals surface area contributed by atoms with Crippen molar-refractivity contribution in [2.45, 2.75) is 33.2 Å². The fourth-order valence-corrected chi connectivity index (χ4v) is 4.22. The Kier molecular flexibility index (Phi) is 5.46. The topological polar surface area (TPSA) is 80.4 Å². The van der Waals surface area contributed by atoms with Crippen molar-refractivity contribution in [3.8, 4) is 5.69 Å². The number of aromatic nitrogens is 2. The standard InChI is InChI=1S/C26H26N4O3/c1-17-5-9-20(10-6-17)30-25(32)22-12-8-19(24(31)27-16-21-11-7-18(2)33-21)15-23(22)28-26(30)29-13-3-4-14-29/h5-12,15H,3-4,13-14,16H2,1-2H3,(H,27,31). The summed E-state index contributed by atoms with van der Waals surface area (Å²) < 4.78 is 7.20. The first-order chi connectivity index (χ1) is 16.0. The van der Waals surface area contributed by atoms with Crippen LogP contribution in [0.15, 0.2) is 63.8 Å². The zero-order valence-electron chi connectivity index (χ0n) is 18.8. The van der Waals surface area contributed by atoms with Crippen molar-refractivity contribution in [2.75, 3.05) is 18.0 Å². The average Bonchev–Trinajstić information content (AvgIpc) is 3.50. The molecule has 1 N–H and O–H groups in total. The maximum Gasteiger partial charge on any atom is 0.267 e. The average molecular weight is 443 g/mol. The molecule has 0 bridgehead atoms. The van der Waals surface area contributed by atoms with Gasteiger partial charge in [0, 0.05) is 18.7 Å². The summed E-state index contributed by atoms with van der Waals surface area (Å²) in [5.74, 6) is 1.88. The van der Waals surface area contributed by atoms with E-state index in [0.29, 0.717) is 34.7 Å². The molecule has 7 nitrogen and oxygen atoms in total. The Morgan fingerprint density at radius 2 is 1.79 bits per heavy atom. The highest BCUT2D eigenvalue weighted by Gasteiger charge is 2.21. The smallest absolute Gasteiger partial charge is 0.267 e. The predicted molar refractivity (Wildman–Crippen MR) is 128 cm³/mol. The van der Waals surface area contributed by atoms with Crippen molar-refractivity contribution in [1.82, 2.24) is 14.9 Å². The van der Waals surface area contributed by atoms with Gasteiger partial charge in [-0.05, 0) is 69.2 Å². The van der Waals surface area contributed by atoms with Crippen molar-refractivity contribution in [2.24, 2.45) is 0 Å². The van der Waals surface area contributed by atoms with Crippen LogP contribution in [0.5, 0.6) is 0 Å².